The van der Waals surface area contributed by atoms with Crippen LogP contribution in [0.15, 0.2) is 12.1 Å². The summed E-state index contributed by atoms with van der Waals surface area (Å²) in [5.41, 5.74) is -0.569. The minimum absolute atomic E-state index is 0.489. The summed E-state index contributed by atoms with van der Waals surface area (Å²) in [6, 6.07) is 1.75. The highest BCUT2D eigenvalue weighted by Crippen LogP contribution is 2.25. The first-order valence-corrected chi connectivity index (χ1v) is 4.16. The standard InChI is InChI=1S/C10H10F2O2/c1-5(2)10(14)8-7(13)4-3-6(11)9(8)12/h3-5,13H,1-2H3. The monoisotopic (exact) mass is 200 g/mol. The highest BCUT2D eigenvalue weighted by molar-refractivity contribution is 6.00. The molecular weight excluding hydrogens is 190 g/mol. The van der Waals surface area contributed by atoms with E-state index in [0.717, 1.165) is 12.1 Å². The molecule has 1 rings (SSSR count). The Kier molecular flexibility index (Phi) is 2.84. The van der Waals surface area contributed by atoms with Crippen molar-refractivity contribution in [3.8, 4) is 5.75 Å². The van der Waals surface area contributed by atoms with E-state index in [2.05, 4.69) is 0 Å². The van der Waals surface area contributed by atoms with Gasteiger partial charge in [0, 0.05) is 5.92 Å². The maximum atomic E-state index is 13.1. The van der Waals surface area contributed by atoms with Gasteiger partial charge in [-0.3, -0.25) is 4.79 Å². The van der Waals surface area contributed by atoms with E-state index in [-0.39, 0.29) is 0 Å². The van der Waals surface area contributed by atoms with Gasteiger partial charge in [0.25, 0.3) is 0 Å². The van der Waals surface area contributed by atoms with Gasteiger partial charge in [0.2, 0.25) is 0 Å². The van der Waals surface area contributed by atoms with E-state index < -0.39 is 34.6 Å². The number of rotatable bonds is 2. The molecular formula is C10H10F2O2. The van der Waals surface area contributed by atoms with Crippen molar-refractivity contribution in [2.75, 3.05) is 0 Å². The van der Waals surface area contributed by atoms with Crippen molar-refractivity contribution in [1.29, 1.82) is 0 Å². The fourth-order valence-electron chi connectivity index (χ4n) is 1.06. The van der Waals surface area contributed by atoms with Gasteiger partial charge in [-0.15, -0.1) is 0 Å². The maximum Gasteiger partial charge on any atom is 0.173 e. The van der Waals surface area contributed by atoms with Gasteiger partial charge < -0.3 is 5.11 Å². The predicted octanol–water partition coefficient (Wildman–Crippen LogP) is 2.51. The van der Waals surface area contributed by atoms with Gasteiger partial charge in [0.15, 0.2) is 17.4 Å². The molecule has 0 atom stereocenters. The van der Waals surface area contributed by atoms with Crippen LogP contribution in [-0.4, -0.2) is 10.9 Å². The van der Waals surface area contributed by atoms with E-state index in [0.29, 0.717) is 0 Å². The molecule has 0 heterocycles. The number of carbonyl (C=O) groups is 1. The maximum absolute atomic E-state index is 13.1. The minimum atomic E-state index is -1.29. The zero-order chi connectivity index (χ0) is 10.9. The summed E-state index contributed by atoms with van der Waals surface area (Å²) >= 11 is 0. The van der Waals surface area contributed by atoms with Gasteiger partial charge >= 0.3 is 0 Å². The van der Waals surface area contributed by atoms with Crippen molar-refractivity contribution >= 4 is 5.78 Å². The topological polar surface area (TPSA) is 37.3 Å². The predicted molar refractivity (Wildman–Crippen MR) is 47.2 cm³/mol. The highest BCUT2D eigenvalue weighted by Gasteiger charge is 2.22. The third-order valence-electron chi connectivity index (χ3n) is 1.84. The van der Waals surface area contributed by atoms with Crippen molar-refractivity contribution in [2.45, 2.75) is 13.8 Å². The smallest absolute Gasteiger partial charge is 0.173 e. The first-order valence-electron chi connectivity index (χ1n) is 4.16. The van der Waals surface area contributed by atoms with Crippen LogP contribution >= 0.6 is 0 Å². The lowest BCUT2D eigenvalue weighted by molar-refractivity contribution is 0.0931. The molecule has 0 radical (unpaired) electrons. The van der Waals surface area contributed by atoms with Gasteiger partial charge in [0.05, 0.1) is 5.56 Å². The molecule has 1 N–H and O–H groups in total. The van der Waals surface area contributed by atoms with Crippen LogP contribution in [0, 0.1) is 17.6 Å². The van der Waals surface area contributed by atoms with Gasteiger partial charge in [-0.2, -0.15) is 0 Å². The molecule has 1 aromatic rings. The molecule has 1 aromatic carbocycles. The van der Waals surface area contributed by atoms with E-state index in [1.807, 2.05) is 0 Å². The summed E-state index contributed by atoms with van der Waals surface area (Å²) in [7, 11) is 0. The van der Waals surface area contributed by atoms with Crippen LogP contribution in [-0.2, 0) is 0 Å². The van der Waals surface area contributed by atoms with Crippen molar-refractivity contribution in [3.05, 3.63) is 29.3 Å². The SMILES string of the molecule is CC(C)C(=O)c1c(O)ccc(F)c1F. The molecule has 2 nitrogen and oxygen atoms in total. The Balaban J connectivity index is 3.33. The number of aromatic hydroxyl groups is 1. The molecule has 0 spiro atoms. The lowest BCUT2D eigenvalue weighted by Crippen LogP contribution is -2.11. The second kappa shape index (κ2) is 3.74. The van der Waals surface area contributed by atoms with Crippen LogP contribution in [0.5, 0.6) is 5.75 Å². The second-order valence-corrected chi connectivity index (χ2v) is 3.27. The highest BCUT2D eigenvalue weighted by atomic mass is 19.2. The van der Waals surface area contributed by atoms with Crippen LogP contribution in [0.25, 0.3) is 0 Å². The lowest BCUT2D eigenvalue weighted by atomic mass is 9.99. The first kappa shape index (κ1) is 10.6. The molecule has 0 aliphatic heterocycles. The molecule has 0 unspecified atom stereocenters. The number of halogens is 2. The Morgan fingerprint density at radius 2 is 1.93 bits per heavy atom. The third kappa shape index (κ3) is 1.73. The fourth-order valence-corrected chi connectivity index (χ4v) is 1.06. The number of phenolic OH excluding ortho intramolecular Hbond substituents is 1. The molecule has 0 aliphatic rings. The average molecular weight is 200 g/mol. The molecule has 0 fully saturated rings. The summed E-state index contributed by atoms with van der Waals surface area (Å²) in [5.74, 6) is -4.05. The normalized spacial score (nSPS) is 10.6. The van der Waals surface area contributed by atoms with Crippen molar-refractivity contribution in [1.82, 2.24) is 0 Å². The minimum Gasteiger partial charge on any atom is -0.507 e. The summed E-state index contributed by atoms with van der Waals surface area (Å²) in [4.78, 5) is 11.4. The quantitative estimate of drug-likeness (QED) is 0.745. The number of ketones is 1. The van der Waals surface area contributed by atoms with Gasteiger partial charge in [-0.25, -0.2) is 8.78 Å². The van der Waals surface area contributed by atoms with Crippen molar-refractivity contribution < 1.29 is 18.7 Å². The molecule has 0 aliphatic carbocycles. The van der Waals surface area contributed by atoms with Crippen LogP contribution < -0.4 is 0 Å². The number of benzene rings is 1. The third-order valence-corrected chi connectivity index (χ3v) is 1.84. The van der Waals surface area contributed by atoms with E-state index in [1.54, 1.807) is 13.8 Å². The fraction of sp³-hybridized carbons (Fsp3) is 0.300. The van der Waals surface area contributed by atoms with Crippen molar-refractivity contribution in [2.24, 2.45) is 5.92 Å². The lowest BCUT2D eigenvalue weighted by Gasteiger charge is -2.07. The number of hydrogen-bond acceptors (Lipinski definition) is 2. The summed E-state index contributed by atoms with van der Waals surface area (Å²) in [5, 5.41) is 9.21. The van der Waals surface area contributed by atoms with Gasteiger partial charge in [0.1, 0.15) is 5.75 Å². The Bertz CT molecular complexity index is 373. The Labute approximate surface area is 80.2 Å². The van der Waals surface area contributed by atoms with Gasteiger partial charge in [-0.05, 0) is 12.1 Å². The van der Waals surface area contributed by atoms with Crippen LogP contribution in [0.3, 0.4) is 0 Å². The largest absolute Gasteiger partial charge is 0.507 e. The first-order chi connectivity index (χ1) is 6.45. The van der Waals surface area contributed by atoms with E-state index in [9.17, 15) is 18.7 Å². The molecule has 0 bridgehead atoms. The molecule has 0 saturated carbocycles. The second-order valence-electron chi connectivity index (χ2n) is 3.27. The number of Topliss-reactive ketones (excluding diaryl/α,β-unsaturated/α-hetero) is 1. The van der Waals surface area contributed by atoms with E-state index in [1.165, 1.54) is 0 Å². The van der Waals surface area contributed by atoms with Gasteiger partial charge in [-0.1, -0.05) is 13.8 Å². The molecule has 4 heteroatoms. The van der Waals surface area contributed by atoms with E-state index in [4.69, 9.17) is 0 Å². The zero-order valence-corrected chi connectivity index (χ0v) is 7.84. The number of hydrogen-bond donors (Lipinski definition) is 1. The summed E-state index contributed by atoms with van der Waals surface area (Å²) in [6.07, 6.45) is 0. The summed E-state index contributed by atoms with van der Waals surface area (Å²) < 4.78 is 25.9. The number of carbonyl (C=O) groups excluding carboxylic acids is 1. The van der Waals surface area contributed by atoms with E-state index >= 15 is 0 Å². The van der Waals surface area contributed by atoms with Crippen LogP contribution in [0.4, 0.5) is 8.78 Å². The molecule has 0 amide bonds. The molecule has 14 heavy (non-hydrogen) atoms. The number of phenols is 1. The average Bonchev–Trinajstić information content (AvgIpc) is 2.12. The summed E-state index contributed by atoms with van der Waals surface area (Å²) in [6.45, 7) is 3.10. The van der Waals surface area contributed by atoms with Crippen molar-refractivity contribution in [3.63, 3.8) is 0 Å². The molecule has 0 saturated heterocycles. The zero-order valence-electron chi connectivity index (χ0n) is 7.84. The Hall–Kier alpha value is -1.45. The molecule has 0 aromatic heterocycles. The van der Waals surface area contributed by atoms with Crippen LogP contribution in [0.2, 0.25) is 0 Å². The Morgan fingerprint density at radius 1 is 1.36 bits per heavy atom. The van der Waals surface area contributed by atoms with Crippen LogP contribution in [0.1, 0.15) is 24.2 Å². The molecule has 76 valence electrons. The Morgan fingerprint density at radius 3 is 2.43 bits per heavy atom.